The maximum Gasteiger partial charge on any atom is 0.251 e. The van der Waals surface area contributed by atoms with Crippen LogP contribution in [-0.2, 0) is 6.54 Å². The maximum absolute atomic E-state index is 12.1. The second-order valence-electron chi connectivity index (χ2n) is 4.56. The zero-order valence-corrected chi connectivity index (χ0v) is 10.9. The standard InChI is InChI=1S/C13H14N4O3/c1-9(5-17-7-14-6-15-17)16-13(18)10-2-3-11-12(4-10)20-8-19-11/h2-4,6-7,9H,5,8H2,1H3,(H,16,18)/t9-/m0/s1. The first-order valence-electron chi connectivity index (χ1n) is 6.25. The molecule has 2 aromatic rings. The molecule has 20 heavy (non-hydrogen) atoms. The van der Waals surface area contributed by atoms with Crippen LogP contribution in [0.3, 0.4) is 0 Å². The molecule has 7 heteroatoms. The zero-order chi connectivity index (χ0) is 13.9. The van der Waals surface area contributed by atoms with Gasteiger partial charge in [0.1, 0.15) is 12.7 Å². The Morgan fingerprint density at radius 2 is 2.30 bits per heavy atom. The van der Waals surface area contributed by atoms with Crippen LogP contribution in [0.2, 0.25) is 0 Å². The quantitative estimate of drug-likeness (QED) is 0.893. The Bertz CT molecular complexity index is 612. The number of carbonyl (C=O) groups excluding carboxylic acids is 1. The molecular formula is C13H14N4O3. The third-order valence-electron chi connectivity index (χ3n) is 2.94. The lowest BCUT2D eigenvalue weighted by Crippen LogP contribution is -2.35. The first kappa shape index (κ1) is 12.5. The summed E-state index contributed by atoms with van der Waals surface area (Å²) in [5, 5.41) is 6.90. The number of nitrogens with zero attached hydrogens (tertiary/aromatic N) is 3. The Morgan fingerprint density at radius 3 is 3.10 bits per heavy atom. The molecule has 1 aliphatic rings. The van der Waals surface area contributed by atoms with Crippen molar-refractivity contribution in [3.63, 3.8) is 0 Å². The molecule has 3 rings (SSSR count). The van der Waals surface area contributed by atoms with Crippen molar-refractivity contribution in [2.75, 3.05) is 6.79 Å². The Hall–Kier alpha value is -2.57. The van der Waals surface area contributed by atoms with Gasteiger partial charge in [-0.1, -0.05) is 0 Å². The van der Waals surface area contributed by atoms with Crippen molar-refractivity contribution in [3.8, 4) is 11.5 Å². The van der Waals surface area contributed by atoms with Crippen LogP contribution in [0.4, 0.5) is 0 Å². The molecule has 7 nitrogen and oxygen atoms in total. The molecule has 0 unspecified atom stereocenters. The molecule has 0 saturated heterocycles. The van der Waals surface area contributed by atoms with E-state index in [9.17, 15) is 4.79 Å². The highest BCUT2D eigenvalue weighted by molar-refractivity contribution is 5.95. The van der Waals surface area contributed by atoms with Gasteiger partial charge in [0, 0.05) is 11.6 Å². The van der Waals surface area contributed by atoms with Crippen LogP contribution in [-0.4, -0.2) is 33.5 Å². The number of ether oxygens (including phenoxy) is 2. The average Bonchev–Trinajstić information content (AvgIpc) is 3.07. The fourth-order valence-corrected chi connectivity index (χ4v) is 2.00. The van der Waals surface area contributed by atoms with Crippen molar-refractivity contribution in [1.82, 2.24) is 20.1 Å². The van der Waals surface area contributed by atoms with Gasteiger partial charge < -0.3 is 14.8 Å². The summed E-state index contributed by atoms with van der Waals surface area (Å²) in [5.41, 5.74) is 0.541. The van der Waals surface area contributed by atoms with Gasteiger partial charge in [-0.05, 0) is 25.1 Å². The monoisotopic (exact) mass is 274 g/mol. The molecular weight excluding hydrogens is 260 g/mol. The highest BCUT2D eigenvalue weighted by atomic mass is 16.7. The van der Waals surface area contributed by atoms with E-state index in [0.29, 0.717) is 23.6 Å². The van der Waals surface area contributed by atoms with Crippen LogP contribution < -0.4 is 14.8 Å². The molecule has 1 atom stereocenters. The van der Waals surface area contributed by atoms with Gasteiger partial charge in [0.2, 0.25) is 6.79 Å². The summed E-state index contributed by atoms with van der Waals surface area (Å²) in [6.07, 6.45) is 3.08. The molecule has 1 N–H and O–H groups in total. The van der Waals surface area contributed by atoms with Crippen LogP contribution in [0, 0.1) is 0 Å². The Kier molecular flexibility index (Phi) is 3.24. The molecule has 104 valence electrons. The van der Waals surface area contributed by atoms with Gasteiger partial charge in [-0.25, -0.2) is 4.98 Å². The molecule has 1 aliphatic heterocycles. The van der Waals surface area contributed by atoms with Crippen LogP contribution in [0.1, 0.15) is 17.3 Å². The summed E-state index contributed by atoms with van der Waals surface area (Å²) in [6.45, 7) is 2.67. The second kappa shape index (κ2) is 5.20. The van der Waals surface area contributed by atoms with Crippen molar-refractivity contribution < 1.29 is 14.3 Å². The van der Waals surface area contributed by atoms with E-state index in [2.05, 4.69) is 15.4 Å². The summed E-state index contributed by atoms with van der Waals surface area (Å²) in [7, 11) is 0. The number of rotatable bonds is 4. The number of carbonyl (C=O) groups is 1. The lowest BCUT2D eigenvalue weighted by molar-refractivity contribution is 0.0935. The number of hydrogen-bond acceptors (Lipinski definition) is 5. The SMILES string of the molecule is C[C@@H](Cn1cncn1)NC(=O)c1ccc2c(c1)OCO2. The molecule has 0 saturated carbocycles. The lowest BCUT2D eigenvalue weighted by atomic mass is 10.2. The molecule has 2 heterocycles. The summed E-state index contributed by atoms with van der Waals surface area (Å²) >= 11 is 0. The van der Waals surface area contributed by atoms with Gasteiger partial charge in [-0.3, -0.25) is 9.48 Å². The third kappa shape index (κ3) is 2.56. The van der Waals surface area contributed by atoms with Crippen molar-refractivity contribution >= 4 is 5.91 Å². The van der Waals surface area contributed by atoms with E-state index in [1.54, 1.807) is 29.2 Å². The summed E-state index contributed by atoms with van der Waals surface area (Å²) in [6, 6.07) is 5.07. The predicted molar refractivity (Wildman–Crippen MR) is 69.5 cm³/mol. The first-order chi connectivity index (χ1) is 9.72. The highest BCUT2D eigenvalue weighted by Gasteiger charge is 2.17. The minimum absolute atomic E-state index is 0.0605. The number of amides is 1. The van der Waals surface area contributed by atoms with Crippen LogP contribution in [0.15, 0.2) is 30.9 Å². The van der Waals surface area contributed by atoms with Gasteiger partial charge in [0.25, 0.3) is 5.91 Å². The van der Waals surface area contributed by atoms with Gasteiger partial charge >= 0.3 is 0 Å². The molecule has 0 fully saturated rings. The maximum atomic E-state index is 12.1. The zero-order valence-electron chi connectivity index (χ0n) is 10.9. The van der Waals surface area contributed by atoms with Gasteiger partial charge in [0.05, 0.1) is 6.54 Å². The van der Waals surface area contributed by atoms with Crippen molar-refractivity contribution in [3.05, 3.63) is 36.4 Å². The van der Waals surface area contributed by atoms with Gasteiger partial charge in [-0.15, -0.1) is 0 Å². The normalized spacial score (nSPS) is 14.1. The van der Waals surface area contributed by atoms with E-state index >= 15 is 0 Å². The minimum atomic E-state index is -0.157. The number of fused-ring (bicyclic) bond motifs is 1. The van der Waals surface area contributed by atoms with Crippen molar-refractivity contribution in [1.29, 1.82) is 0 Å². The number of hydrogen-bond donors (Lipinski definition) is 1. The van der Waals surface area contributed by atoms with Crippen molar-refractivity contribution in [2.45, 2.75) is 19.5 Å². The molecule has 0 aliphatic carbocycles. The van der Waals surface area contributed by atoms with Crippen LogP contribution in [0.25, 0.3) is 0 Å². The van der Waals surface area contributed by atoms with E-state index in [0.717, 1.165) is 0 Å². The van der Waals surface area contributed by atoms with E-state index in [1.165, 1.54) is 6.33 Å². The second-order valence-corrected chi connectivity index (χ2v) is 4.56. The Morgan fingerprint density at radius 1 is 1.45 bits per heavy atom. The first-order valence-corrected chi connectivity index (χ1v) is 6.25. The molecule has 1 aromatic heterocycles. The number of nitrogens with one attached hydrogen (secondary N) is 1. The summed E-state index contributed by atoms with van der Waals surface area (Å²) < 4.78 is 12.1. The Balaban J connectivity index is 1.64. The fraction of sp³-hybridized carbons (Fsp3) is 0.308. The van der Waals surface area contributed by atoms with Gasteiger partial charge in [-0.2, -0.15) is 5.10 Å². The third-order valence-corrected chi connectivity index (χ3v) is 2.94. The summed E-state index contributed by atoms with van der Waals surface area (Å²) in [5.74, 6) is 1.11. The van der Waals surface area contributed by atoms with E-state index in [-0.39, 0.29) is 18.7 Å². The predicted octanol–water partition coefficient (Wildman–Crippen LogP) is 0.825. The summed E-state index contributed by atoms with van der Waals surface area (Å²) in [4.78, 5) is 16.0. The van der Waals surface area contributed by atoms with Crippen LogP contribution >= 0.6 is 0 Å². The largest absolute Gasteiger partial charge is 0.454 e. The average molecular weight is 274 g/mol. The van der Waals surface area contributed by atoms with E-state index in [4.69, 9.17) is 9.47 Å². The van der Waals surface area contributed by atoms with Crippen LogP contribution in [0.5, 0.6) is 11.5 Å². The molecule has 1 amide bonds. The molecule has 0 bridgehead atoms. The smallest absolute Gasteiger partial charge is 0.251 e. The van der Waals surface area contributed by atoms with Gasteiger partial charge in [0.15, 0.2) is 11.5 Å². The number of aromatic nitrogens is 3. The van der Waals surface area contributed by atoms with E-state index < -0.39 is 0 Å². The lowest BCUT2D eigenvalue weighted by Gasteiger charge is -2.13. The molecule has 0 spiro atoms. The molecule has 0 radical (unpaired) electrons. The Labute approximate surface area is 115 Å². The fourth-order valence-electron chi connectivity index (χ4n) is 2.00. The number of benzene rings is 1. The minimum Gasteiger partial charge on any atom is -0.454 e. The molecule has 1 aromatic carbocycles. The van der Waals surface area contributed by atoms with E-state index in [1.807, 2.05) is 6.92 Å². The van der Waals surface area contributed by atoms with Crippen molar-refractivity contribution in [2.24, 2.45) is 0 Å². The topological polar surface area (TPSA) is 78.3 Å². The highest BCUT2D eigenvalue weighted by Crippen LogP contribution is 2.32.